The minimum absolute atomic E-state index is 0.0412. The van der Waals surface area contributed by atoms with Crippen molar-refractivity contribution in [2.24, 2.45) is 5.73 Å². The van der Waals surface area contributed by atoms with E-state index in [0.717, 1.165) is 50.4 Å². The van der Waals surface area contributed by atoms with Gasteiger partial charge in [-0.15, -0.1) is 0 Å². The van der Waals surface area contributed by atoms with E-state index < -0.39 is 5.54 Å². The fraction of sp³-hybridized carbons (Fsp3) is 0.600. The molecule has 3 rings (SSSR count). The van der Waals surface area contributed by atoms with Crippen molar-refractivity contribution >= 4 is 11.7 Å². The second-order valence-electron chi connectivity index (χ2n) is 6.15. The van der Waals surface area contributed by atoms with Gasteiger partial charge in [-0.1, -0.05) is 0 Å². The molecule has 114 valence electrons. The van der Waals surface area contributed by atoms with Gasteiger partial charge in [0, 0.05) is 38.9 Å². The highest BCUT2D eigenvalue weighted by Gasteiger charge is 2.45. The van der Waals surface area contributed by atoms with E-state index in [9.17, 15) is 4.79 Å². The average molecular weight is 289 g/mol. The van der Waals surface area contributed by atoms with E-state index in [2.05, 4.69) is 33.2 Å². The van der Waals surface area contributed by atoms with Gasteiger partial charge < -0.3 is 20.9 Å². The standard InChI is InChI=1S/C15H23N5O/c1-19-6-8-20(9-7-19)13-10-12(2-5-17-13)11-18-14(21)15(16)3-4-15/h2,5,10H,3-4,6-9,11,16H2,1H3,(H,18,21). The predicted octanol–water partition coefficient (Wildman–Crippen LogP) is -0.0591. The molecule has 2 fully saturated rings. The molecule has 0 atom stereocenters. The molecule has 3 N–H and O–H groups in total. The second-order valence-corrected chi connectivity index (χ2v) is 6.15. The van der Waals surface area contributed by atoms with E-state index in [1.165, 1.54) is 0 Å². The normalized spacial score (nSPS) is 21.1. The van der Waals surface area contributed by atoms with Gasteiger partial charge in [0.05, 0.1) is 5.54 Å². The van der Waals surface area contributed by atoms with Crippen molar-refractivity contribution in [1.29, 1.82) is 0 Å². The fourth-order valence-electron chi connectivity index (χ4n) is 2.50. The molecule has 6 heteroatoms. The van der Waals surface area contributed by atoms with Crippen LogP contribution in [0.2, 0.25) is 0 Å². The molecule has 21 heavy (non-hydrogen) atoms. The number of amides is 1. The van der Waals surface area contributed by atoms with Crippen LogP contribution in [0.1, 0.15) is 18.4 Å². The molecule has 6 nitrogen and oxygen atoms in total. The zero-order valence-electron chi connectivity index (χ0n) is 12.5. The molecule has 0 radical (unpaired) electrons. The van der Waals surface area contributed by atoms with Crippen LogP contribution in [0.25, 0.3) is 0 Å². The SMILES string of the molecule is CN1CCN(c2cc(CNC(=O)C3(N)CC3)ccn2)CC1. The smallest absolute Gasteiger partial charge is 0.240 e. The quantitative estimate of drug-likeness (QED) is 0.812. The first-order chi connectivity index (χ1) is 10.1. The summed E-state index contributed by atoms with van der Waals surface area (Å²) >= 11 is 0. The Morgan fingerprint density at radius 3 is 2.76 bits per heavy atom. The summed E-state index contributed by atoms with van der Waals surface area (Å²) < 4.78 is 0. The molecule has 1 aliphatic carbocycles. The minimum atomic E-state index is -0.604. The molecule has 0 unspecified atom stereocenters. The maximum Gasteiger partial charge on any atom is 0.240 e. The fourth-order valence-corrected chi connectivity index (χ4v) is 2.50. The van der Waals surface area contributed by atoms with E-state index in [0.29, 0.717) is 6.54 Å². The highest BCUT2D eigenvalue weighted by molar-refractivity contribution is 5.88. The summed E-state index contributed by atoms with van der Waals surface area (Å²) in [5, 5.41) is 2.92. The third-order valence-corrected chi connectivity index (χ3v) is 4.33. The summed E-state index contributed by atoms with van der Waals surface area (Å²) in [5.74, 6) is 0.948. The Kier molecular flexibility index (Phi) is 3.82. The number of carbonyl (C=O) groups excluding carboxylic acids is 1. The van der Waals surface area contributed by atoms with Crippen molar-refractivity contribution in [3.63, 3.8) is 0 Å². The van der Waals surface area contributed by atoms with Crippen LogP contribution >= 0.6 is 0 Å². The zero-order valence-corrected chi connectivity index (χ0v) is 12.5. The first-order valence-corrected chi connectivity index (χ1v) is 7.52. The van der Waals surface area contributed by atoms with Gasteiger partial charge in [0.1, 0.15) is 5.82 Å². The summed E-state index contributed by atoms with van der Waals surface area (Å²) in [6.07, 6.45) is 3.40. The largest absolute Gasteiger partial charge is 0.354 e. The van der Waals surface area contributed by atoms with Gasteiger partial charge in [0.15, 0.2) is 0 Å². The maximum atomic E-state index is 11.9. The number of hydrogen-bond donors (Lipinski definition) is 2. The number of nitrogens with one attached hydrogen (secondary N) is 1. The summed E-state index contributed by atoms with van der Waals surface area (Å²) in [7, 11) is 2.14. The van der Waals surface area contributed by atoms with E-state index in [4.69, 9.17) is 5.73 Å². The van der Waals surface area contributed by atoms with Crippen molar-refractivity contribution in [3.05, 3.63) is 23.9 Å². The number of rotatable bonds is 4. The van der Waals surface area contributed by atoms with Gasteiger partial charge in [-0.05, 0) is 37.6 Å². The lowest BCUT2D eigenvalue weighted by Gasteiger charge is -2.33. The molecule has 0 bridgehead atoms. The second kappa shape index (κ2) is 5.61. The number of carbonyl (C=O) groups is 1. The average Bonchev–Trinajstić information content (AvgIpc) is 3.25. The van der Waals surface area contributed by atoms with E-state index in [-0.39, 0.29) is 5.91 Å². The number of hydrogen-bond acceptors (Lipinski definition) is 5. The Balaban J connectivity index is 1.59. The Labute approximate surface area is 125 Å². The molecular formula is C15H23N5O. The van der Waals surface area contributed by atoms with Gasteiger partial charge in [-0.25, -0.2) is 4.98 Å². The monoisotopic (exact) mass is 289 g/mol. The Morgan fingerprint density at radius 2 is 2.10 bits per heavy atom. The van der Waals surface area contributed by atoms with E-state index >= 15 is 0 Å². The number of aromatic nitrogens is 1. The summed E-state index contributed by atoms with van der Waals surface area (Å²) in [6.45, 7) is 4.61. The van der Waals surface area contributed by atoms with Crippen LogP contribution in [0.4, 0.5) is 5.82 Å². The lowest BCUT2D eigenvalue weighted by Crippen LogP contribution is -2.45. The van der Waals surface area contributed by atoms with Crippen molar-refractivity contribution in [1.82, 2.24) is 15.2 Å². The van der Waals surface area contributed by atoms with Gasteiger partial charge in [0.2, 0.25) is 5.91 Å². The number of nitrogens with two attached hydrogens (primary N) is 1. The number of piperazine rings is 1. The summed E-state index contributed by atoms with van der Waals surface area (Å²) in [5.41, 5.74) is 6.34. The number of likely N-dealkylation sites (N-methyl/N-ethyl adjacent to an activating group) is 1. The third kappa shape index (κ3) is 3.33. The van der Waals surface area contributed by atoms with Gasteiger partial charge in [0.25, 0.3) is 0 Å². The lowest BCUT2D eigenvalue weighted by molar-refractivity contribution is -0.123. The Morgan fingerprint density at radius 1 is 1.38 bits per heavy atom. The zero-order chi connectivity index (χ0) is 14.9. The topological polar surface area (TPSA) is 74.5 Å². The minimum Gasteiger partial charge on any atom is -0.354 e. The van der Waals surface area contributed by atoms with Crippen LogP contribution in [-0.4, -0.2) is 54.6 Å². The molecule has 1 aromatic rings. The van der Waals surface area contributed by atoms with Gasteiger partial charge >= 0.3 is 0 Å². The molecule has 0 spiro atoms. The molecule has 1 saturated heterocycles. The number of anilines is 1. The first-order valence-electron chi connectivity index (χ1n) is 7.52. The highest BCUT2D eigenvalue weighted by atomic mass is 16.2. The van der Waals surface area contributed by atoms with Crippen LogP contribution < -0.4 is 16.0 Å². The maximum absolute atomic E-state index is 11.9. The van der Waals surface area contributed by atoms with Crippen LogP contribution in [0.15, 0.2) is 18.3 Å². The van der Waals surface area contributed by atoms with Crippen molar-refractivity contribution in [2.75, 3.05) is 38.1 Å². The van der Waals surface area contributed by atoms with Crippen LogP contribution in [0.3, 0.4) is 0 Å². The van der Waals surface area contributed by atoms with Gasteiger partial charge in [-0.2, -0.15) is 0 Å². The lowest BCUT2D eigenvalue weighted by atomic mass is 10.2. The molecule has 1 aliphatic heterocycles. The highest BCUT2D eigenvalue weighted by Crippen LogP contribution is 2.32. The molecule has 1 amide bonds. The summed E-state index contributed by atoms with van der Waals surface area (Å²) in [6, 6.07) is 4.00. The molecular weight excluding hydrogens is 266 g/mol. The Bertz CT molecular complexity index is 521. The predicted molar refractivity (Wildman–Crippen MR) is 81.9 cm³/mol. The molecule has 1 saturated carbocycles. The number of pyridine rings is 1. The third-order valence-electron chi connectivity index (χ3n) is 4.33. The number of nitrogens with zero attached hydrogens (tertiary/aromatic N) is 3. The van der Waals surface area contributed by atoms with E-state index in [1.807, 2.05) is 12.3 Å². The molecule has 2 heterocycles. The Hall–Kier alpha value is -1.66. The van der Waals surface area contributed by atoms with E-state index in [1.54, 1.807) is 0 Å². The summed E-state index contributed by atoms with van der Waals surface area (Å²) in [4.78, 5) is 20.9. The van der Waals surface area contributed by atoms with Crippen molar-refractivity contribution in [3.8, 4) is 0 Å². The molecule has 1 aromatic heterocycles. The molecule has 2 aliphatic rings. The van der Waals surface area contributed by atoms with Crippen LogP contribution in [0, 0.1) is 0 Å². The first kappa shape index (κ1) is 14.3. The van der Waals surface area contributed by atoms with Crippen molar-refractivity contribution < 1.29 is 4.79 Å². The van der Waals surface area contributed by atoms with Crippen LogP contribution in [-0.2, 0) is 11.3 Å². The van der Waals surface area contributed by atoms with Crippen LogP contribution in [0.5, 0.6) is 0 Å². The molecule has 0 aromatic carbocycles. The van der Waals surface area contributed by atoms with Crippen molar-refractivity contribution in [2.45, 2.75) is 24.9 Å². The van der Waals surface area contributed by atoms with Gasteiger partial charge in [-0.3, -0.25) is 4.79 Å².